The zero-order chi connectivity index (χ0) is 14.7. The predicted molar refractivity (Wildman–Crippen MR) is 62.5 cm³/mol. The van der Waals surface area contributed by atoms with Gasteiger partial charge in [-0.05, 0) is 12.1 Å². The molecule has 0 aromatic heterocycles. The molecule has 8 heteroatoms. The normalized spacial score (nSPS) is 13.8. The topological polar surface area (TPSA) is 147 Å². The Kier molecular flexibility index (Phi) is 4.41. The Balaban J connectivity index is 3.19. The van der Waals surface area contributed by atoms with Crippen molar-refractivity contribution in [3.05, 3.63) is 29.1 Å². The van der Waals surface area contributed by atoms with E-state index in [1.165, 1.54) is 0 Å². The standard InChI is InChI=1S/C11H13FN2O5/c12-4-1-5(9(14)6(2-4)11(18)19)10(17)7(15)3-8(13)16/h1-2,7,10,15,17H,3,14H2,(H2,13,16)(H,18,19). The van der Waals surface area contributed by atoms with Crippen LogP contribution in [0, 0.1) is 5.82 Å². The van der Waals surface area contributed by atoms with E-state index in [4.69, 9.17) is 16.6 Å². The maximum absolute atomic E-state index is 13.3. The van der Waals surface area contributed by atoms with Crippen molar-refractivity contribution in [3.8, 4) is 0 Å². The molecule has 1 rings (SSSR count). The third-order valence-electron chi connectivity index (χ3n) is 2.50. The second kappa shape index (κ2) is 5.63. The molecule has 0 saturated carbocycles. The molecule has 1 aromatic carbocycles. The van der Waals surface area contributed by atoms with Gasteiger partial charge in [-0.3, -0.25) is 4.79 Å². The van der Waals surface area contributed by atoms with Crippen LogP contribution in [0.15, 0.2) is 12.1 Å². The van der Waals surface area contributed by atoms with E-state index in [9.17, 15) is 24.2 Å². The molecule has 0 fully saturated rings. The Morgan fingerprint density at radius 1 is 1.32 bits per heavy atom. The van der Waals surface area contributed by atoms with Crippen molar-refractivity contribution in [2.45, 2.75) is 18.6 Å². The Morgan fingerprint density at radius 2 is 1.89 bits per heavy atom. The van der Waals surface area contributed by atoms with E-state index >= 15 is 0 Å². The third kappa shape index (κ3) is 3.39. The molecule has 104 valence electrons. The maximum Gasteiger partial charge on any atom is 0.337 e. The highest BCUT2D eigenvalue weighted by Crippen LogP contribution is 2.28. The van der Waals surface area contributed by atoms with Crippen molar-refractivity contribution in [2.24, 2.45) is 5.73 Å². The number of aromatic carboxylic acids is 1. The fourth-order valence-corrected chi connectivity index (χ4v) is 1.59. The van der Waals surface area contributed by atoms with Gasteiger partial charge in [0, 0.05) is 5.56 Å². The SMILES string of the molecule is NC(=O)CC(O)C(O)c1cc(F)cc(C(=O)O)c1N. The first-order valence-electron chi connectivity index (χ1n) is 5.20. The van der Waals surface area contributed by atoms with E-state index in [1.54, 1.807) is 0 Å². The van der Waals surface area contributed by atoms with Crippen LogP contribution < -0.4 is 11.5 Å². The van der Waals surface area contributed by atoms with Crippen molar-refractivity contribution >= 4 is 17.6 Å². The summed E-state index contributed by atoms with van der Waals surface area (Å²) >= 11 is 0. The molecule has 0 aliphatic carbocycles. The van der Waals surface area contributed by atoms with Crippen LogP contribution in [0.5, 0.6) is 0 Å². The Hall–Kier alpha value is -2.19. The summed E-state index contributed by atoms with van der Waals surface area (Å²) in [7, 11) is 0. The van der Waals surface area contributed by atoms with Crippen LogP contribution in [-0.4, -0.2) is 33.3 Å². The highest BCUT2D eigenvalue weighted by Gasteiger charge is 2.25. The molecule has 19 heavy (non-hydrogen) atoms. The number of amides is 1. The molecule has 0 radical (unpaired) electrons. The molecule has 7 nitrogen and oxygen atoms in total. The number of halogens is 1. The summed E-state index contributed by atoms with van der Waals surface area (Å²) in [4.78, 5) is 21.5. The third-order valence-corrected chi connectivity index (χ3v) is 2.50. The zero-order valence-electron chi connectivity index (χ0n) is 9.71. The second-order valence-electron chi connectivity index (χ2n) is 3.94. The van der Waals surface area contributed by atoms with Gasteiger partial charge in [-0.1, -0.05) is 0 Å². The summed E-state index contributed by atoms with van der Waals surface area (Å²) in [5, 5.41) is 28.1. The van der Waals surface area contributed by atoms with Crippen LogP contribution in [0.25, 0.3) is 0 Å². The molecule has 7 N–H and O–H groups in total. The van der Waals surface area contributed by atoms with E-state index in [-0.39, 0.29) is 11.3 Å². The van der Waals surface area contributed by atoms with Gasteiger partial charge in [0.2, 0.25) is 5.91 Å². The van der Waals surface area contributed by atoms with E-state index in [0.717, 1.165) is 6.07 Å². The number of carboxylic acid groups (broad SMARTS) is 1. The zero-order valence-corrected chi connectivity index (χ0v) is 9.71. The van der Waals surface area contributed by atoms with Crippen LogP contribution in [-0.2, 0) is 4.79 Å². The van der Waals surface area contributed by atoms with E-state index < -0.39 is 41.9 Å². The first-order valence-corrected chi connectivity index (χ1v) is 5.20. The van der Waals surface area contributed by atoms with E-state index in [2.05, 4.69) is 0 Å². The first kappa shape index (κ1) is 14.9. The number of nitrogen functional groups attached to an aromatic ring is 1. The molecular weight excluding hydrogens is 259 g/mol. The van der Waals surface area contributed by atoms with Crippen molar-refractivity contribution in [1.82, 2.24) is 0 Å². The Morgan fingerprint density at radius 3 is 2.37 bits per heavy atom. The fraction of sp³-hybridized carbons (Fsp3) is 0.273. The highest BCUT2D eigenvalue weighted by molar-refractivity contribution is 5.94. The highest BCUT2D eigenvalue weighted by atomic mass is 19.1. The van der Waals surface area contributed by atoms with Gasteiger partial charge in [-0.15, -0.1) is 0 Å². The number of primary amides is 1. The van der Waals surface area contributed by atoms with E-state index in [0.29, 0.717) is 6.07 Å². The van der Waals surface area contributed by atoms with Crippen LogP contribution in [0.4, 0.5) is 10.1 Å². The lowest BCUT2D eigenvalue weighted by Gasteiger charge is -2.19. The molecule has 1 aromatic rings. The minimum atomic E-state index is -1.72. The quantitative estimate of drug-likeness (QED) is 0.451. The van der Waals surface area contributed by atoms with Gasteiger partial charge in [-0.2, -0.15) is 0 Å². The molecule has 1 amide bonds. The molecule has 2 atom stereocenters. The van der Waals surface area contributed by atoms with Gasteiger partial charge in [-0.25, -0.2) is 9.18 Å². The average molecular weight is 272 g/mol. The van der Waals surface area contributed by atoms with Crippen molar-refractivity contribution in [3.63, 3.8) is 0 Å². The fourth-order valence-electron chi connectivity index (χ4n) is 1.59. The van der Waals surface area contributed by atoms with Gasteiger partial charge < -0.3 is 26.8 Å². The lowest BCUT2D eigenvalue weighted by molar-refractivity contribution is -0.121. The molecule has 0 heterocycles. The molecular formula is C11H13FN2O5. The van der Waals surface area contributed by atoms with Crippen molar-refractivity contribution in [1.29, 1.82) is 0 Å². The van der Waals surface area contributed by atoms with Crippen molar-refractivity contribution < 1.29 is 29.3 Å². The number of anilines is 1. The minimum Gasteiger partial charge on any atom is -0.478 e. The van der Waals surface area contributed by atoms with Crippen LogP contribution in [0.3, 0.4) is 0 Å². The van der Waals surface area contributed by atoms with Gasteiger partial charge in [0.15, 0.2) is 0 Å². The monoisotopic (exact) mass is 272 g/mol. The Bertz CT molecular complexity index is 520. The number of aliphatic hydroxyl groups excluding tert-OH is 2. The number of hydrogen-bond donors (Lipinski definition) is 5. The average Bonchev–Trinajstić information content (AvgIpc) is 2.29. The van der Waals surface area contributed by atoms with Crippen LogP contribution >= 0.6 is 0 Å². The summed E-state index contributed by atoms with van der Waals surface area (Å²) in [6.07, 6.45) is -3.90. The number of carboxylic acids is 1. The minimum absolute atomic E-state index is 0.314. The van der Waals surface area contributed by atoms with E-state index in [1.807, 2.05) is 0 Å². The molecule has 0 bridgehead atoms. The maximum atomic E-state index is 13.3. The summed E-state index contributed by atoms with van der Waals surface area (Å²) in [6.45, 7) is 0. The molecule has 2 unspecified atom stereocenters. The predicted octanol–water partition coefficient (Wildman–Crippen LogP) is -0.624. The van der Waals surface area contributed by atoms with Gasteiger partial charge in [0.05, 0.1) is 23.8 Å². The van der Waals surface area contributed by atoms with Crippen LogP contribution in [0.2, 0.25) is 0 Å². The lowest BCUT2D eigenvalue weighted by Crippen LogP contribution is -2.26. The number of aliphatic hydroxyl groups is 2. The largest absolute Gasteiger partial charge is 0.478 e. The number of nitrogens with two attached hydrogens (primary N) is 2. The van der Waals surface area contributed by atoms with Crippen LogP contribution in [0.1, 0.15) is 28.4 Å². The van der Waals surface area contributed by atoms with Gasteiger partial charge >= 0.3 is 5.97 Å². The molecule has 0 aliphatic heterocycles. The number of hydrogen-bond acceptors (Lipinski definition) is 5. The lowest BCUT2D eigenvalue weighted by atomic mass is 9.97. The van der Waals surface area contributed by atoms with Gasteiger partial charge in [0.1, 0.15) is 11.9 Å². The molecule has 0 spiro atoms. The summed E-state index contributed by atoms with van der Waals surface area (Å²) < 4.78 is 13.3. The first-order chi connectivity index (χ1) is 8.73. The molecule has 0 aliphatic rings. The summed E-state index contributed by atoms with van der Waals surface area (Å²) in [5.74, 6) is -3.29. The number of carbonyl (C=O) groups is 2. The Labute approximate surface area is 107 Å². The number of carbonyl (C=O) groups excluding carboxylic acids is 1. The van der Waals surface area contributed by atoms with Crippen molar-refractivity contribution in [2.75, 3.05) is 5.73 Å². The number of rotatable bonds is 5. The van der Waals surface area contributed by atoms with Gasteiger partial charge in [0.25, 0.3) is 0 Å². The summed E-state index contributed by atoms with van der Waals surface area (Å²) in [5.41, 5.74) is 9.09. The smallest absolute Gasteiger partial charge is 0.337 e. The molecule has 0 saturated heterocycles. The summed E-state index contributed by atoms with van der Waals surface area (Å²) in [6, 6.07) is 1.48. The number of benzene rings is 1. The second-order valence-corrected chi connectivity index (χ2v) is 3.94.